The highest BCUT2D eigenvalue weighted by atomic mass is 35.5. The Bertz CT molecular complexity index is 1540. The summed E-state index contributed by atoms with van der Waals surface area (Å²) in [6.07, 6.45) is 3.28. The van der Waals surface area contributed by atoms with E-state index in [4.69, 9.17) is 16.3 Å². The van der Waals surface area contributed by atoms with Crippen molar-refractivity contribution in [3.63, 3.8) is 0 Å². The van der Waals surface area contributed by atoms with Crippen LogP contribution >= 0.6 is 11.6 Å². The molecule has 5 rings (SSSR count). The Labute approximate surface area is 238 Å². The second kappa shape index (κ2) is 11.9. The van der Waals surface area contributed by atoms with Crippen molar-refractivity contribution < 1.29 is 22.7 Å². The fraction of sp³-hybridized carbons (Fsp3) is 0.357. The van der Waals surface area contributed by atoms with Gasteiger partial charge in [0.1, 0.15) is 6.54 Å². The minimum atomic E-state index is -3.34. The Morgan fingerprint density at radius 2 is 1.98 bits per heavy atom. The maximum atomic E-state index is 13.2. The Balaban J connectivity index is 1.23. The molecule has 2 aliphatic heterocycles. The van der Waals surface area contributed by atoms with E-state index in [1.807, 2.05) is 12.1 Å². The molecular formula is C28H30ClN5O5S. The number of halogens is 1. The Morgan fingerprint density at radius 1 is 1.18 bits per heavy atom. The summed E-state index contributed by atoms with van der Waals surface area (Å²) < 4.78 is 29.7. The van der Waals surface area contributed by atoms with Crippen LogP contribution in [-0.2, 0) is 32.5 Å². The molecule has 0 bridgehead atoms. The van der Waals surface area contributed by atoms with Crippen molar-refractivity contribution in [1.29, 1.82) is 0 Å². The third-order valence-corrected chi connectivity index (χ3v) is 9.03. The summed E-state index contributed by atoms with van der Waals surface area (Å²) in [6, 6.07) is 12.2. The molecule has 0 spiro atoms. The summed E-state index contributed by atoms with van der Waals surface area (Å²) in [7, 11) is -3.34. The number of hydrogen-bond donors (Lipinski definition) is 2. The maximum Gasteiger partial charge on any atom is 0.254 e. The molecule has 2 N–H and O–H groups in total. The fourth-order valence-electron chi connectivity index (χ4n) is 4.75. The molecule has 0 unspecified atom stereocenters. The number of aromatic nitrogens is 2. The highest BCUT2D eigenvalue weighted by molar-refractivity contribution is 7.91. The first-order valence-corrected chi connectivity index (χ1v) is 15.1. The molecule has 1 saturated heterocycles. The van der Waals surface area contributed by atoms with Crippen LogP contribution in [0.15, 0.2) is 53.6 Å². The number of amides is 2. The topological polar surface area (TPSA) is 131 Å². The molecule has 12 heteroatoms. The van der Waals surface area contributed by atoms with Crippen LogP contribution in [0.5, 0.6) is 0 Å². The van der Waals surface area contributed by atoms with E-state index < -0.39 is 9.84 Å². The third kappa shape index (κ3) is 6.27. The number of nitrogens with zero attached hydrogens (tertiary/aromatic N) is 3. The Kier molecular flexibility index (Phi) is 8.34. The van der Waals surface area contributed by atoms with Gasteiger partial charge in [0.2, 0.25) is 11.9 Å². The monoisotopic (exact) mass is 583 g/mol. The van der Waals surface area contributed by atoms with Gasteiger partial charge < -0.3 is 20.3 Å². The van der Waals surface area contributed by atoms with E-state index in [-0.39, 0.29) is 41.6 Å². The minimum absolute atomic E-state index is 0.0000613. The minimum Gasteiger partial charge on any atom is -0.381 e. The van der Waals surface area contributed by atoms with E-state index in [1.165, 1.54) is 11.0 Å². The van der Waals surface area contributed by atoms with Gasteiger partial charge in [0.05, 0.1) is 27.6 Å². The van der Waals surface area contributed by atoms with Crippen molar-refractivity contribution in [1.82, 2.24) is 20.2 Å². The molecule has 0 radical (unpaired) electrons. The van der Waals surface area contributed by atoms with Gasteiger partial charge in [0.15, 0.2) is 9.84 Å². The molecule has 0 saturated carbocycles. The number of benzene rings is 2. The van der Waals surface area contributed by atoms with Crippen molar-refractivity contribution in [2.45, 2.75) is 43.8 Å². The first kappa shape index (κ1) is 28.0. The van der Waals surface area contributed by atoms with E-state index in [9.17, 15) is 18.0 Å². The standard InChI is InChI=1S/C28H30ClN5O5S/c1-2-40(37,38)22-5-3-4-18(12-22)14-30-25(35)17-34-16-20-7-6-19(13-23(20)27(34)36)26-24(29)15-31-28(33-26)32-21-8-10-39-11-9-21/h3-7,12-13,15,21H,2,8-11,14,16-17H2,1H3,(H,30,35)(H,31,32,33). The van der Waals surface area contributed by atoms with Crippen LogP contribution in [0.3, 0.4) is 0 Å². The summed E-state index contributed by atoms with van der Waals surface area (Å²) in [5.41, 5.74) is 3.17. The van der Waals surface area contributed by atoms with Gasteiger partial charge in [-0.2, -0.15) is 0 Å². The smallest absolute Gasteiger partial charge is 0.254 e. The zero-order chi connectivity index (χ0) is 28.3. The van der Waals surface area contributed by atoms with Crippen molar-refractivity contribution in [2.75, 3.05) is 30.8 Å². The molecule has 0 atom stereocenters. The number of fused-ring (bicyclic) bond motifs is 1. The third-order valence-electron chi connectivity index (χ3n) is 7.02. The Hall–Kier alpha value is -3.54. The van der Waals surface area contributed by atoms with E-state index in [0.29, 0.717) is 53.1 Å². The molecule has 2 aliphatic rings. The molecule has 0 aliphatic carbocycles. The number of hydrogen-bond acceptors (Lipinski definition) is 8. The lowest BCUT2D eigenvalue weighted by Gasteiger charge is -2.23. The van der Waals surface area contributed by atoms with Gasteiger partial charge in [-0.15, -0.1) is 0 Å². The summed E-state index contributed by atoms with van der Waals surface area (Å²) in [6.45, 7) is 3.31. The van der Waals surface area contributed by atoms with Crippen LogP contribution in [0.2, 0.25) is 5.02 Å². The van der Waals surface area contributed by atoms with Crippen molar-refractivity contribution in [3.8, 4) is 11.3 Å². The van der Waals surface area contributed by atoms with Gasteiger partial charge in [0, 0.05) is 43.5 Å². The van der Waals surface area contributed by atoms with Gasteiger partial charge in [0.25, 0.3) is 5.91 Å². The van der Waals surface area contributed by atoms with E-state index >= 15 is 0 Å². The lowest BCUT2D eigenvalue weighted by atomic mass is 10.0. The van der Waals surface area contributed by atoms with Crippen LogP contribution < -0.4 is 10.6 Å². The number of ether oxygens (including phenoxy) is 1. The molecule has 2 amide bonds. The Morgan fingerprint density at radius 3 is 2.75 bits per heavy atom. The van der Waals surface area contributed by atoms with Crippen molar-refractivity contribution in [3.05, 3.63) is 70.4 Å². The molecule has 40 heavy (non-hydrogen) atoms. The highest BCUT2D eigenvalue weighted by Gasteiger charge is 2.29. The van der Waals surface area contributed by atoms with E-state index in [2.05, 4.69) is 20.6 Å². The van der Waals surface area contributed by atoms with Crippen LogP contribution in [0.4, 0.5) is 5.95 Å². The first-order valence-electron chi connectivity index (χ1n) is 13.1. The van der Waals surface area contributed by atoms with Crippen molar-refractivity contribution >= 4 is 39.2 Å². The predicted octanol–water partition coefficient (Wildman–Crippen LogP) is 3.45. The van der Waals surface area contributed by atoms with Gasteiger partial charge in [-0.1, -0.05) is 42.8 Å². The van der Waals surface area contributed by atoms with Crippen LogP contribution in [0.25, 0.3) is 11.3 Å². The van der Waals surface area contributed by atoms with E-state index in [1.54, 1.807) is 37.4 Å². The second-order valence-electron chi connectivity index (χ2n) is 9.78. The first-order chi connectivity index (χ1) is 19.2. The summed E-state index contributed by atoms with van der Waals surface area (Å²) in [5.74, 6) is -0.129. The van der Waals surface area contributed by atoms with Gasteiger partial charge in [-0.25, -0.2) is 18.4 Å². The van der Waals surface area contributed by atoms with Crippen LogP contribution in [-0.4, -0.2) is 66.7 Å². The molecular weight excluding hydrogens is 554 g/mol. The molecule has 3 aromatic rings. The lowest BCUT2D eigenvalue weighted by Crippen LogP contribution is -2.37. The molecule has 3 heterocycles. The zero-order valence-corrected chi connectivity index (χ0v) is 23.6. The SMILES string of the molecule is CCS(=O)(=O)c1cccc(CNC(=O)CN2Cc3ccc(-c4nc(NC5CCOCC5)ncc4Cl)cc3C2=O)c1. The van der Waals surface area contributed by atoms with Crippen molar-refractivity contribution in [2.24, 2.45) is 0 Å². The number of nitrogens with one attached hydrogen (secondary N) is 2. The van der Waals surface area contributed by atoms with Gasteiger partial charge in [-0.3, -0.25) is 9.59 Å². The predicted molar refractivity (Wildman–Crippen MR) is 151 cm³/mol. The lowest BCUT2D eigenvalue weighted by molar-refractivity contribution is -0.122. The number of rotatable bonds is 9. The molecule has 1 aromatic heterocycles. The average molecular weight is 584 g/mol. The largest absolute Gasteiger partial charge is 0.381 e. The normalized spacial score (nSPS) is 15.7. The summed E-state index contributed by atoms with van der Waals surface area (Å²) >= 11 is 6.43. The molecule has 1 fully saturated rings. The van der Waals surface area contributed by atoms with Gasteiger partial charge >= 0.3 is 0 Å². The maximum absolute atomic E-state index is 13.2. The number of carbonyl (C=O) groups excluding carboxylic acids is 2. The van der Waals surface area contributed by atoms with Crippen LogP contribution in [0.1, 0.15) is 41.3 Å². The number of carbonyl (C=O) groups is 2. The molecule has 210 valence electrons. The number of sulfone groups is 1. The van der Waals surface area contributed by atoms with Crippen LogP contribution in [0, 0.1) is 0 Å². The summed E-state index contributed by atoms with van der Waals surface area (Å²) in [4.78, 5) is 36.5. The quantitative estimate of drug-likeness (QED) is 0.392. The summed E-state index contributed by atoms with van der Waals surface area (Å²) in [5, 5.41) is 6.48. The number of anilines is 1. The second-order valence-corrected chi connectivity index (χ2v) is 12.5. The van der Waals surface area contributed by atoms with E-state index in [0.717, 1.165) is 18.4 Å². The van der Waals surface area contributed by atoms with Gasteiger partial charge in [-0.05, 0) is 42.2 Å². The fourth-order valence-corrected chi connectivity index (χ4v) is 5.90. The molecule has 2 aromatic carbocycles. The zero-order valence-electron chi connectivity index (χ0n) is 22.0. The molecule has 10 nitrogen and oxygen atoms in total. The highest BCUT2D eigenvalue weighted by Crippen LogP contribution is 2.31. The average Bonchev–Trinajstić information content (AvgIpc) is 3.27.